The molecule has 0 saturated heterocycles. The summed E-state index contributed by atoms with van der Waals surface area (Å²) in [7, 11) is 0. The van der Waals surface area contributed by atoms with E-state index in [0.717, 1.165) is 19.3 Å². The summed E-state index contributed by atoms with van der Waals surface area (Å²) in [4.78, 5) is 0. The Bertz CT molecular complexity index is 398. The second-order valence-corrected chi connectivity index (χ2v) is 5.96. The summed E-state index contributed by atoms with van der Waals surface area (Å²) in [6.07, 6.45) is 10.7. The summed E-state index contributed by atoms with van der Waals surface area (Å²) in [5.41, 5.74) is 3.17. The fraction of sp³-hybridized carbons (Fsp3) is 0.733. The first-order chi connectivity index (χ1) is 8.24. The van der Waals surface area contributed by atoms with Gasteiger partial charge in [0.2, 0.25) is 0 Å². The van der Waals surface area contributed by atoms with Gasteiger partial charge >= 0.3 is 0 Å². The van der Waals surface area contributed by atoms with Gasteiger partial charge in [-0.1, -0.05) is 13.3 Å². The van der Waals surface area contributed by atoms with Gasteiger partial charge in [-0.2, -0.15) is 0 Å². The maximum absolute atomic E-state index is 9.99. The Balaban J connectivity index is 1.84. The van der Waals surface area contributed by atoms with E-state index in [1.165, 1.54) is 43.5 Å². The number of aliphatic hydroxyl groups is 1. The molecular formula is C15H23NO. The highest BCUT2D eigenvalue weighted by Crippen LogP contribution is 2.46. The van der Waals surface area contributed by atoms with Crippen molar-refractivity contribution in [2.24, 2.45) is 5.41 Å². The predicted octanol–water partition coefficient (Wildman–Crippen LogP) is 3.44. The van der Waals surface area contributed by atoms with Gasteiger partial charge in [-0.15, -0.1) is 0 Å². The summed E-state index contributed by atoms with van der Waals surface area (Å²) in [5.74, 6) is 0. The Labute approximate surface area is 104 Å². The third-order valence-electron chi connectivity index (χ3n) is 5.03. The average Bonchev–Trinajstić information content (AvgIpc) is 2.68. The minimum atomic E-state index is -0.209. The molecule has 1 heterocycles. The highest BCUT2D eigenvalue weighted by atomic mass is 16.3. The van der Waals surface area contributed by atoms with Crippen LogP contribution in [0.25, 0.3) is 0 Å². The molecular weight excluding hydrogens is 210 g/mol. The van der Waals surface area contributed by atoms with Crippen LogP contribution in [-0.4, -0.2) is 9.67 Å². The fourth-order valence-electron chi connectivity index (χ4n) is 3.54. The average molecular weight is 233 g/mol. The number of nitrogens with zero attached hydrogens (tertiary/aromatic N) is 1. The van der Waals surface area contributed by atoms with Gasteiger partial charge in [0.1, 0.15) is 0 Å². The van der Waals surface area contributed by atoms with Crippen LogP contribution in [0.1, 0.15) is 62.8 Å². The van der Waals surface area contributed by atoms with Crippen molar-refractivity contribution >= 4 is 0 Å². The highest BCUT2D eigenvalue weighted by molar-refractivity contribution is 5.27. The molecule has 1 aromatic rings. The molecule has 1 atom stereocenters. The van der Waals surface area contributed by atoms with Gasteiger partial charge in [-0.25, -0.2) is 0 Å². The third kappa shape index (κ3) is 1.83. The first-order valence-corrected chi connectivity index (χ1v) is 7.10. The van der Waals surface area contributed by atoms with Crippen molar-refractivity contribution in [3.63, 3.8) is 0 Å². The van der Waals surface area contributed by atoms with Crippen LogP contribution in [-0.2, 0) is 13.0 Å². The smallest absolute Gasteiger partial charge is 0.0807 e. The van der Waals surface area contributed by atoms with Crippen molar-refractivity contribution in [1.29, 1.82) is 0 Å². The molecule has 2 nitrogen and oxygen atoms in total. The van der Waals surface area contributed by atoms with Crippen LogP contribution in [0, 0.1) is 5.41 Å². The normalized spacial score (nSPS) is 26.4. The molecule has 2 aliphatic rings. The van der Waals surface area contributed by atoms with Gasteiger partial charge in [0, 0.05) is 24.0 Å². The van der Waals surface area contributed by atoms with E-state index in [-0.39, 0.29) is 6.10 Å². The molecule has 1 unspecified atom stereocenters. The maximum atomic E-state index is 9.99. The predicted molar refractivity (Wildman–Crippen MR) is 68.9 cm³/mol. The van der Waals surface area contributed by atoms with Crippen molar-refractivity contribution in [3.05, 3.63) is 23.5 Å². The maximum Gasteiger partial charge on any atom is 0.0807 e. The Morgan fingerprint density at radius 3 is 2.88 bits per heavy atom. The lowest BCUT2D eigenvalue weighted by molar-refractivity contribution is 0.0977. The van der Waals surface area contributed by atoms with Crippen LogP contribution in [0.15, 0.2) is 12.3 Å². The Hall–Kier alpha value is -0.760. The quantitative estimate of drug-likeness (QED) is 0.850. The van der Waals surface area contributed by atoms with Crippen molar-refractivity contribution in [2.75, 3.05) is 0 Å². The van der Waals surface area contributed by atoms with Gasteiger partial charge in [-0.05, 0) is 50.0 Å². The van der Waals surface area contributed by atoms with Crippen LogP contribution in [0.4, 0.5) is 0 Å². The van der Waals surface area contributed by atoms with E-state index in [1.807, 2.05) is 0 Å². The second-order valence-electron chi connectivity index (χ2n) is 5.96. The molecule has 3 rings (SSSR count). The van der Waals surface area contributed by atoms with E-state index < -0.39 is 0 Å². The summed E-state index contributed by atoms with van der Waals surface area (Å²) in [6.45, 7) is 3.50. The Kier molecular flexibility index (Phi) is 2.78. The molecule has 0 aromatic carbocycles. The van der Waals surface area contributed by atoms with E-state index >= 15 is 0 Å². The van der Waals surface area contributed by atoms with Crippen molar-refractivity contribution in [1.82, 2.24) is 4.57 Å². The Morgan fingerprint density at radius 1 is 1.41 bits per heavy atom. The minimum Gasteiger partial charge on any atom is -0.388 e. The van der Waals surface area contributed by atoms with Gasteiger partial charge in [0.25, 0.3) is 0 Å². The van der Waals surface area contributed by atoms with Crippen LogP contribution in [0.5, 0.6) is 0 Å². The SMILES string of the molecule is CCC1(Cn2ccc3c2CCCC3O)CCC1. The van der Waals surface area contributed by atoms with Gasteiger partial charge in [-0.3, -0.25) is 0 Å². The van der Waals surface area contributed by atoms with E-state index in [2.05, 4.69) is 23.8 Å². The minimum absolute atomic E-state index is 0.209. The number of hydrogen-bond donors (Lipinski definition) is 1. The summed E-state index contributed by atoms with van der Waals surface area (Å²) in [6, 6.07) is 2.14. The third-order valence-corrected chi connectivity index (χ3v) is 5.03. The lowest BCUT2D eigenvalue weighted by atomic mass is 9.67. The van der Waals surface area contributed by atoms with Crippen LogP contribution in [0.2, 0.25) is 0 Å². The van der Waals surface area contributed by atoms with E-state index in [9.17, 15) is 5.11 Å². The molecule has 1 fully saturated rings. The molecule has 1 N–H and O–H groups in total. The number of fused-ring (bicyclic) bond motifs is 1. The lowest BCUT2D eigenvalue weighted by Crippen LogP contribution is -2.34. The Morgan fingerprint density at radius 2 is 2.24 bits per heavy atom. The fourth-order valence-corrected chi connectivity index (χ4v) is 3.54. The van der Waals surface area contributed by atoms with Crippen LogP contribution >= 0.6 is 0 Å². The van der Waals surface area contributed by atoms with Crippen molar-refractivity contribution < 1.29 is 5.11 Å². The van der Waals surface area contributed by atoms with Gasteiger partial charge in [0.05, 0.1) is 6.10 Å². The summed E-state index contributed by atoms with van der Waals surface area (Å²) >= 11 is 0. The largest absolute Gasteiger partial charge is 0.388 e. The van der Waals surface area contributed by atoms with E-state index in [4.69, 9.17) is 0 Å². The zero-order chi connectivity index (χ0) is 11.9. The zero-order valence-electron chi connectivity index (χ0n) is 10.8. The first kappa shape index (κ1) is 11.3. The number of rotatable bonds is 3. The number of aliphatic hydroxyl groups excluding tert-OH is 1. The van der Waals surface area contributed by atoms with Gasteiger partial charge < -0.3 is 9.67 Å². The highest BCUT2D eigenvalue weighted by Gasteiger charge is 2.36. The summed E-state index contributed by atoms with van der Waals surface area (Å²) < 4.78 is 2.43. The summed E-state index contributed by atoms with van der Waals surface area (Å²) in [5, 5.41) is 9.99. The van der Waals surface area contributed by atoms with Crippen molar-refractivity contribution in [2.45, 2.75) is 64.5 Å². The molecule has 0 bridgehead atoms. The first-order valence-electron chi connectivity index (χ1n) is 7.10. The molecule has 2 aliphatic carbocycles. The molecule has 1 saturated carbocycles. The molecule has 0 radical (unpaired) electrons. The lowest BCUT2D eigenvalue weighted by Gasteiger charge is -2.42. The number of hydrogen-bond acceptors (Lipinski definition) is 1. The van der Waals surface area contributed by atoms with Crippen LogP contribution < -0.4 is 0 Å². The standard InChI is InChI=1S/C15H23NO/c1-2-15(8-4-9-15)11-16-10-7-12-13(16)5-3-6-14(12)17/h7,10,14,17H,2-6,8-9,11H2,1H3. The monoisotopic (exact) mass is 233 g/mol. The zero-order valence-corrected chi connectivity index (χ0v) is 10.8. The second kappa shape index (κ2) is 4.16. The van der Waals surface area contributed by atoms with Crippen LogP contribution in [0.3, 0.4) is 0 Å². The molecule has 94 valence electrons. The van der Waals surface area contributed by atoms with Crippen molar-refractivity contribution in [3.8, 4) is 0 Å². The molecule has 17 heavy (non-hydrogen) atoms. The molecule has 1 aromatic heterocycles. The molecule has 0 aliphatic heterocycles. The molecule has 2 heteroatoms. The van der Waals surface area contributed by atoms with E-state index in [1.54, 1.807) is 0 Å². The van der Waals surface area contributed by atoms with Gasteiger partial charge in [0.15, 0.2) is 0 Å². The molecule has 0 amide bonds. The topological polar surface area (TPSA) is 25.2 Å². The number of aromatic nitrogens is 1. The van der Waals surface area contributed by atoms with E-state index in [0.29, 0.717) is 5.41 Å². The molecule has 0 spiro atoms.